The number of thiophene rings is 1. The molecule has 1 aliphatic carbocycles. The van der Waals surface area contributed by atoms with E-state index < -0.39 is 15.5 Å². The SMILES string of the molecule is CS(=O)(=O)Cn1ccc2cc(-n3c(=O)[nH]c4sc5c(c4c3=O)CCCCC5)ccc21. The number of benzene rings is 1. The molecule has 0 fully saturated rings. The van der Waals surface area contributed by atoms with E-state index in [0.717, 1.165) is 48.6 Å². The molecule has 0 saturated carbocycles. The van der Waals surface area contributed by atoms with E-state index in [-0.39, 0.29) is 11.4 Å². The van der Waals surface area contributed by atoms with Gasteiger partial charge in [-0.2, -0.15) is 0 Å². The summed E-state index contributed by atoms with van der Waals surface area (Å²) in [7, 11) is -3.19. The van der Waals surface area contributed by atoms with Crippen molar-refractivity contribution in [2.45, 2.75) is 38.0 Å². The van der Waals surface area contributed by atoms with Gasteiger partial charge >= 0.3 is 5.69 Å². The second-order valence-corrected chi connectivity index (χ2v) is 11.1. The van der Waals surface area contributed by atoms with Gasteiger partial charge in [0.15, 0.2) is 9.84 Å². The molecule has 0 spiro atoms. The number of rotatable bonds is 3. The number of sulfone groups is 1. The molecule has 7 nitrogen and oxygen atoms in total. The molecular weight excluding hydrogens is 422 g/mol. The van der Waals surface area contributed by atoms with Crippen LogP contribution in [0.2, 0.25) is 0 Å². The summed E-state index contributed by atoms with van der Waals surface area (Å²) in [6.45, 7) is 0. The zero-order valence-corrected chi connectivity index (χ0v) is 18.1. The number of H-pyrrole nitrogens is 1. The Kier molecular flexibility index (Phi) is 4.48. The molecule has 3 heterocycles. The Morgan fingerprint density at radius 3 is 2.70 bits per heavy atom. The maximum absolute atomic E-state index is 13.4. The Bertz CT molecular complexity index is 1520. The molecule has 156 valence electrons. The smallest absolute Gasteiger partial charge is 0.333 e. The van der Waals surface area contributed by atoms with Crippen LogP contribution < -0.4 is 11.2 Å². The van der Waals surface area contributed by atoms with E-state index in [9.17, 15) is 18.0 Å². The molecule has 1 aliphatic rings. The Morgan fingerprint density at radius 1 is 1.10 bits per heavy atom. The molecule has 1 aromatic carbocycles. The van der Waals surface area contributed by atoms with Gasteiger partial charge in [0, 0.05) is 28.2 Å². The zero-order valence-electron chi connectivity index (χ0n) is 16.5. The number of aromatic amines is 1. The molecule has 30 heavy (non-hydrogen) atoms. The Balaban J connectivity index is 1.69. The largest absolute Gasteiger partial charge is 0.334 e. The van der Waals surface area contributed by atoms with Gasteiger partial charge < -0.3 is 4.57 Å². The average molecular weight is 444 g/mol. The van der Waals surface area contributed by atoms with Crippen molar-refractivity contribution >= 4 is 42.3 Å². The standard InChI is InChI=1S/C21H21N3O4S2/c1-30(27,28)12-23-10-9-13-11-14(7-8-16(13)23)24-20(25)18-15-5-3-2-4-6-17(15)29-19(18)22-21(24)26/h7-11H,2-6,12H2,1H3,(H,22,26). The van der Waals surface area contributed by atoms with Gasteiger partial charge in [-0.1, -0.05) is 6.42 Å². The van der Waals surface area contributed by atoms with Crippen molar-refractivity contribution in [2.75, 3.05) is 6.26 Å². The number of hydrogen-bond acceptors (Lipinski definition) is 5. The summed E-state index contributed by atoms with van der Waals surface area (Å²) in [6.07, 6.45) is 8.02. The van der Waals surface area contributed by atoms with Gasteiger partial charge in [0.2, 0.25) is 0 Å². The summed E-state index contributed by atoms with van der Waals surface area (Å²) in [5.74, 6) is -0.122. The molecule has 4 aromatic rings. The van der Waals surface area contributed by atoms with E-state index in [2.05, 4.69) is 4.98 Å². The van der Waals surface area contributed by atoms with E-state index in [1.165, 1.54) is 27.0 Å². The maximum atomic E-state index is 13.4. The van der Waals surface area contributed by atoms with Crippen molar-refractivity contribution in [3.05, 3.63) is 61.7 Å². The fourth-order valence-corrected chi connectivity index (χ4v) is 6.34. The molecule has 0 bridgehead atoms. The monoisotopic (exact) mass is 443 g/mol. The van der Waals surface area contributed by atoms with Crippen molar-refractivity contribution in [3.8, 4) is 5.69 Å². The maximum Gasteiger partial charge on any atom is 0.334 e. The number of aromatic nitrogens is 3. The van der Waals surface area contributed by atoms with Crippen LogP contribution in [0.25, 0.3) is 26.8 Å². The van der Waals surface area contributed by atoms with Crippen LogP contribution in [0, 0.1) is 0 Å². The van der Waals surface area contributed by atoms with Crippen molar-refractivity contribution < 1.29 is 8.42 Å². The highest BCUT2D eigenvalue weighted by molar-refractivity contribution is 7.89. The molecule has 0 radical (unpaired) electrons. The fourth-order valence-electron chi connectivity index (χ4n) is 4.34. The summed E-state index contributed by atoms with van der Waals surface area (Å²) in [5, 5.41) is 1.40. The second kappa shape index (κ2) is 6.95. The predicted molar refractivity (Wildman–Crippen MR) is 120 cm³/mol. The van der Waals surface area contributed by atoms with E-state index >= 15 is 0 Å². The van der Waals surface area contributed by atoms with E-state index in [4.69, 9.17) is 0 Å². The lowest BCUT2D eigenvalue weighted by Crippen LogP contribution is -2.33. The molecule has 0 atom stereocenters. The van der Waals surface area contributed by atoms with Crippen LogP contribution in [0.5, 0.6) is 0 Å². The van der Waals surface area contributed by atoms with Gasteiger partial charge in [-0.25, -0.2) is 17.8 Å². The molecule has 0 amide bonds. The highest BCUT2D eigenvalue weighted by atomic mass is 32.2. The van der Waals surface area contributed by atoms with Crippen molar-refractivity contribution in [2.24, 2.45) is 0 Å². The summed E-state index contributed by atoms with van der Waals surface area (Å²) in [5.41, 5.74) is 1.55. The van der Waals surface area contributed by atoms with Crippen LogP contribution >= 0.6 is 11.3 Å². The molecule has 9 heteroatoms. The summed E-state index contributed by atoms with van der Waals surface area (Å²) >= 11 is 1.53. The first-order chi connectivity index (χ1) is 14.3. The minimum absolute atomic E-state index is 0.122. The molecular formula is C21H21N3O4S2. The zero-order chi connectivity index (χ0) is 21.0. The van der Waals surface area contributed by atoms with Crippen LogP contribution in [0.15, 0.2) is 40.1 Å². The lowest BCUT2D eigenvalue weighted by Gasteiger charge is -2.08. The van der Waals surface area contributed by atoms with Crippen LogP contribution in [0.3, 0.4) is 0 Å². The number of fused-ring (bicyclic) bond motifs is 4. The first kappa shape index (κ1) is 19.3. The normalized spacial score (nSPS) is 14.8. The van der Waals surface area contributed by atoms with E-state index in [0.29, 0.717) is 15.9 Å². The quantitative estimate of drug-likeness (QED) is 0.493. The number of nitrogens with one attached hydrogen (secondary N) is 1. The van der Waals surface area contributed by atoms with Gasteiger partial charge in [0.1, 0.15) is 10.7 Å². The first-order valence-electron chi connectivity index (χ1n) is 9.88. The van der Waals surface area contributed by atoms with Gasteiger partial charge in [-0.15, -0.1) is 11.3 Å². The molecule has 1 N–H and O–H groups in total. The highest BCUT2D eigenvalue weighted by Crippen LogP contribution is 2.32. The van der Waals surface area contributed by atoms with Crippen LogP contribution in [0.1, 0.15) is 29.7 Å². The van der Waals surface area contributed by atoms with E-state index in [1.807, 2.05) is 0 Å². The van der Waals surface area contributed by atoms with Crippen molar-refractivity contribution in [3.63, 3.8) is 0 Å². The molecule has 0 saturated heterocycles. The summed E-state index contributed by atoms with van der Waals surface area (Å²) in [6, 6.07) is 6.98. The van der Waals surface area contributed by atoms with E-state index in [1.54, 1.807) is 35.0 Å². The average Bonchev–Trinajstić information content (AvgIpc) is 3.13. The molecule has 5 rings (SSSR count). The Hall–Kier alpha value is -2.65. The van der Waals surface area contributed by atoms with Crippen LogP contribution in [0.4, 0.5) is 0 Å². The first-order valence-corrected chi connectivity index (χ1v) is 12.8. The second-order valence-electron chi connectivity index (χ2n) is 7.92. The number of nitrogens with zero attached hydrogens (tertiary/aromatic N) is 2. The minimum Gasteiger partial charge on any atom is -0.333 e. The van der Waals surface area contributed by atoms with Crippen LogP contribution in [-0.4, -0.2) is 28.8 Å². The molecule has 0 aliphatic heterocycles. The highest BCUT2D eigenvalue weighted by Gasteiger charge is 2.21. The predicted octanol–water partition coefficient (Wildman–Crippen LogP) is 2.97. The summed E-state index contributed by atoms with van der Waals surface area (Å²) in [4.78, 5) is 31.0. The third kappa shape index (κ3) is 3.22. The number of hydrogen-bond donors (Lipinski definition) is 1. The lowest BCUT2D eigenvalue weighted by atomic mass is 10.1. The Morgan fingerprint density at radius 2 is 1.90 bits per heavy atom. The van der Waals surface area contributed by atoms with Gasteiger partial charge in [-0.3, -0.25) is 9.78 Å². The third-order valence-corrected chi connectivity index (χ3v) is 7.60. The minimum atomic E-state index is -3.19. The molecule has 3 aromatic heterocycles. The van der Waals surface area contributed by atoms with Gasteiger partial charge in [-0.05, 0) is 55.5 Å². The van der Waals surface area contributed by atoms with Gasteiger partial charge in [0.25, 0.3) is 5.56 Å². The van der Waals surface area contributed by atoms with Crippen molar-refractivity contribution in [1.82, 2.24) is 14.1 Å². The Labute approximate surface area is 176 Å². The van der Waals surface area contributed by atoms with Crippen LogP contribution in [-0.2, 0) is 28.6 Å². The lowest BCUT2D eigenvalue weighted by molar-refractivity contribution is 0.592. The van der Waals surface area contributed by atoms with Crippen molar-refractivity contribution in [1.29, 1.82) is 0 Å². The summed E-state index contributed by atoms with van der Waals surface area (Å²) < 4.78 is 26.1. The fraction of sp³-hybridized carbons (Fsp3) is 0.333. The third-order valence-electron chi connectivity index (χ3n) is 5.65. The molecule has 0 unspecified atom stereocenters. The number of aryl methyl sites for hydroxylation is 2. The topological polar surface area (TPSA) is 93.9 Å². The van der Waals surface area contributed by atoms with Gasteiger partial charge in [0.05, 0.1) is 11.1 Å².